The van der Waals surface area contributed by atoms with Gasteiger partial charge in [-0.1, -0.05) is 24.3 Å². The van der Waals surface area contributed by atoms with E-state index < -0.39 is 0 Å². The zero-order chi connectivity index (χ0) is 17.3. The average Bonchev–Trinajstić information content (AvgIpc) is 3.20. The number of hydrogen-bond donors (Lipinski definition) is 0. The van der Waals surface area contributed by atoms with Crippen LogP contribution in [0.15, 0.2) is 41.5 Å². The van der Waals surface area contributed by atoms with Crippen molar-refractivity contribution in [1.82, 2.24) is 5.01 Å². The average molecular weight is 335 g/mol. The summed E-state index contributed by atoms with van der Waals surface area (Å²) >= 11 is 0. The van der Waals surface area contributed by atoms with Crippen molar-refractivity contribution in [2.45, 2.75) is 12.8 Å². The number of carbonyl (C=O) groups is 2. The summed E-state index contributed by atoms with van der Waals surface area (Å²) in [5.74, 6) is -0.0906. The summed E-state index contributed by atoms with van der Waals surface area (Å²) in [6.07, 6.45) is 8.28. The van der Waals surface area contributed by atoms with Crippen molar-refractivity contribution >= 4 is 23.7 Å². The number of benzene rings is 1. The molecule has 0 aromatic heterocycles. The fraction of sp³-hybridized carbons (Fsp3) is 0.450. The van der Waals surface area contributed by atoms with E-state index in [2.05, 4.69) is 17.3 Å². The summed E-state index contributed by atoms with van der Waals surface area (Å²) in [6, 6.07) is 7.86. The number of carbonyl (C=O) groups excluding carboxylic acids is 2. The number of hydrazone groups is 1. The fourth-order valence-electron chi connectivity index (χ4n) is 5.16. The van der Waals surface area contributed by atoms with Crippen LogP contribution in [0, 0.1) is 29.1 Å². The van der Waals surface area contributed by atoms with Gasteiger partial charge in [0.2, 0.25) is 0 Å². The van der Waals surface area contributed by atoms with Crippen molar-refractivity contribution in [3.05, 3.63) is 42.0 Å². The van der Waals surface area contributed by atoms with Crippen LogP contribution in [0.4, 0.5) is 5.69 Å². The molecule has 1 aromatic rings. The molecule has 1 aliphatic heterocycles. The van der Waals surface area contributed by atoms with Gasteiger partial charge in [-0.05, 0) is 47.8 Å². The molecule has 2 saturated carbocycles. The Kier molecular flexibility index (Phi) is 2.86. The molecule has 3 aliphatic carbocycles. The van der Waals surface area contributed by atoms with E-state index in [0.717, 1.165) is 29.1 Å². The monoisotopic (exact) mass is 335 g/mol. The molecule has 0 unspecified atom stereocenters. The molecule has 1 aromatic carbocycles. The van der Waals surface area contributed by atoms with Crippen molar-refractivity contribution in [2.75, 3.05) is 19.0 Å². The minimum atomic E-state index is -0.182. The maximum Gasteiger partial charge on any atom is 0.254 e. The van der Waals surface area contributed by atoms with Crippen molar-refractivity contribution < 1.29 is 9.59 Å². The van der Waals surface area contributed by atoms with Gasteiger partial charge in [-0.15, -0.1) is 0 Å². The van der Waals surface area contributed by atoms with E-state index in [-0.39, 0.29) is 40.9 Å². The summed E-state index contributed by atoms with van der Waals surface area (Å²) in [4.78, 5) is 27.7. The van der Waals surface area contributed by atoms with E-state index in [1.807, 2.05) is 43.3 Å². The van der Waals surface area contributed by atoms with Crippen LogP contribution in [0.5, 0.6) is 0 Å². The number of hydrogen-bond acceptors (Lipinski definition) is 4. The molecule has 1 spiro atoms. The third-order valence-corrected chi connectivity index (χ3v) is 6.56. The Labute approximate surface area is 147 Å². The summed E-state index contributed by atoms with van der Waals surface area (Å²) in [7, 11) is 3.97. The Bertz CT molecular complexity index is 786. The predicted octanol–water partition coefficient (Wildman–Crippen LogP) is 2.28. The lowest BCUT2D eigenvalue weighted by Gasteiger charge is -2.18. The molecule has 5 heteroatoms. The number of imide groups is 1. The number of nitrogens with zero attached hydrogens (tertiary/aromatic N) is 3. The van der Waals surface area contributed by atoms with Gasteiger partial charge in [-0.2, -0.15) is 10.1 Å². The Balaban J connectivity index is 1.38. The first-order chi connectivity index (χ1) is 12.0. The zero-order valence-electron chi connectivity index (χ0n) is 14.4. The van der Waals surface area contributed by atoms with Crippen molar-refractivity contribution in [1.29, 1.82) is 0 Å². The molecule has 128 valence electrons. The van der Waals surface area contributed by atoms with Gasteiger partial charge >= 0.3 is 0 Å². The predicted molar refractivity (Wildman–Crippen MR) is 95.0 cm³/mol. The van der Waals surface area contributed by atoms with Crippen LogP contribution in [0.3, 0.4) is 0 Å². The van der Waals surface area contributed by atoms with Gasteiger partial charge in [0.25, 0.3) is 11.8 Å². The van der Waals surface area contributed by atoms with Gasteiger partial charge in [0.15, 0.2) is 0 Å². The van der Waals surface area contributed by atoms with E-state index >= 15 is 0 Å². The molecule has 3 fully saturated rings. The maximum absolute atomic E-state index is 12.8. The zero-order valence-corrected chi connectivity index (χ0v) is 14.4. The number of anilines is 1. The molecule has 0 N–H and O–H groups in total. The minimum Gasteiger partial charge on any atom is -0.378 e. The smallest absolute Gasteiger partial charge is 0.254 e. The third-order valence-electron chi connectivity index (χ3n) is 6.56. The van der Waals surface area contributed by atoms with Gasteiger partial charge < -0.3 is 4.90 Å². The quantitative estimate of drug-likeness (QED) is 0.484. The molecule has 4 aliphatic rings. The van der Waals surface area contributed by atoms with E-state index in [4.69, 9.17) is 0 Å². The van der Waals surface area contributed by atoms with Crippen molar-refractivity contribution in [3.8, 4) is 0 Å². The lowest BCUT2D eigenvalue weighted by atomic mass is 9.85. The molecular weight excluding hydrogens is 314 g/mol. The normalized spacial score (nSPS) is 33.8. The Morgan fingerprint density at radius 2 is 1.60 bits per heavy atom. The Morgan fingerprint density at radius 1 is 1.04 bits per heavy atom. The molecule has 5 rings (SSSR count). The molecule has 2 bridgehead atoms. The van der Waals surface area contributed by atoms with Crippen LogP contribution in [0.1, 0.15) is 18.4 Å². The minimum absolute atomic E-state index is 0.112. The third kappa shape index (κ3) is 1.86. The molecule has 1 saturated heterocycles. The summed E-state index contributed by atoms with van der Waals surface area (Å²) in [5, 5.41) is 5.37. The summed E-state index contributed by atoms with van der Waals surface area (Å²) in [6.45, 7) is 0. The van der Waals surface area contributed by atoms with Crippen LogP contribution < -0.4 is 4.90 Å². The van der Waals surface area contributed by atoms with Gasteiger partial charge in [-0.25, -0.2) is 0 Å². The van der Waals surface area contributed by atoms with Gasteiger partial charge in [0, 0.05) is 19.8 Å². The number of allylic oxidation sites excluding steroid dienone is 2. The van der Waals surface area contributed by atoms with E-state index in [1.54, 1.807) is 6.21 Å². The van der Waals surface area contributed by atoms with E-state index in [9.17, 15) is 9.59 Å². The number of amides is 2. The lowest BCUT2D eigenvalue weighted by molar-refractivity contribution is -0.141. The first kappa shape index (κ1) is 14.9. The molecule has 25 heavy (non-hydrogen) atoms. The highest BCUT2D eigenvalue weighted by Crippen LogP contribution is 2.73. The second kappa shape index (κ2) is 4.81. The van der Waals surface area contributed by atoms with Gasteiger partial charge in [0.05, 0.1) is 18.1 Å². The highest BCUT2D eigenvalue weighted by Gasteiger charge is 2.73. The number of rotatable bonds is 3. The van der Waals surface area contributed by atoms with Crippen molar-refractivity contribution in [2.24, 2.45) is 34.2 Å². The molecule has 5 nitrogen and oxygen atoms in total. The van der Waals surface area contributed by atoms with Crippen LogP contribution >= 0.6 is 0 Å². The molecular formula is C20H21N3O2. The first-order valence-corrected chi connectivity index (χ1v) is 8.90. The van der Waals surface area contributed by atoms with Crippen LogP contribution in [-0.4, -0.2) is 37.1 Å². The van der Waals surface area contributed by atoms with Gasteiger partial charge in [-0.3, -0.25) is 9.59 Å². The summed E-state index contributed by atoms with van der Waals surface area (Å²) < 4.78 is 0. The van der Waals surface area contributed by atoms with Crippen molar-refractivity contribution in [3.63, 3.8) is 0 Å². The highest BCUT2D eigenvalue weighted by molar-refractivity contribution is 6.07. The SMILES string of the molecule is CN(C)c1ccc(/C=N\N2C(=O)[C@@H]3[C@H](C2=O)[C@H]2C=C[C@H]3C23CC3)cc1. The molecule has 0 radical (unpaired) electrons. The standard InChI is InChI=1S/C20H21N3O2/c1-22(2)13-5-3-12(4-6-13)11-21-23-18(24)16-14-7-8-15(17(16)19(23)25)20(14)9-10-20/h3-8,11,14-17H,9-10H2,1-2H3/b21-11-/t14-,15-,16-,17+/m1/s1. The fourth-order valence-corrected chi connectivity index (χ4v) is 5.16. The lowest BCUT2D eigenvalue weighted by Crippen LogP contribution is -2.30. The largest absolute Gasteiger partial charge is 0.378 e. The van der Waals surface area contributed by atoms with Crippen LogP contribution in [-0.2, 0) is 9.59 Å². The number of fused-ring (bicyclic) bond motifs is 3. The van der Waals surface area contributed by atoms with Crippen LogP contribution in [0.2, 0.25) is 0 Å². The van der Waals surface area contributed by atoms with E-state index in [0.29, 0.717) is 0 Å². The van der Waals surface area contributed by atoms with Gasteiger partial charge in [0.1, 0.15) is 0 Å². The second-order valence-electron chi connectivity index (χ2n) is 7.94. The Morgan fingerprint density at radius 3 is 2.08 bits per heavy atom. The Hall–Kier alpha value is -2.43. The second-order valence-corrected chi connectivity index (χ2v) is 7.94. The van der Waals surface area contributed by atoms with Crippen LogP contribution in [0.25, 0.3) is 0 Å². The highest BCUT2D eigenvalue weighted by atomic mass is 16.2. The summed E-state index contributed by atoms with van der Waals surface area (Å²) in [5.41, 5.74) is 2.21. The topological polar surface area (TPSA) is 53.0 Å². The maximum atomic E-state index is 12.8. The molecule has 4 atom stereocenters. The van der Waals surface area contributed by atoms with E-state index in [1.165, 1.54) is 0 Å². The molecule has 2 amide bonds. The first-order valence-electron chi connectivity index (χ1n) is 8.90. The molecule has 1 heterocycles.